The Morgan fingerprint density at radius 1 is 1.28 bits per heavy atom. The zero-order valence-corrected chi connectivity index (χ0v) is 10.0. The summed E-state index contributed by atoms with van der Waals surface area (Å²) >= 11 is 0. The number of nitrogens with zero attached hydrogens (tertiary/aromatic N) is 3. The molecule has 0 aromatic carbocycles. The minimum absolute atomic E-state index is 0.0850. The van der Waals surface area contributed by atoms with Crippen molar-refractivity contribution in [2.75, 3.05) is 0 Å². The van der Waals surface area contributed by atoms with E-state index in [0.29, 0.717) is 18.7 Å². The molecule has 1 aromatic rings. The summed E-state index contributed by atoms with van der Waals surface area (Å²) in [6.45, 7) is 1.79. The first kappa shape index (κ1) is 11.1. The molecule has 1 aromatic heterocycles. The summed E-state index contributed by atoms with van der Waals surface area (Å²) in [6.07, 6.45) is 6.67. The van der Waals surface area contributed by atoms with E-state index < -0.39 is 0 Å². The van der Waals surface area contributed by atoms with Crippen LogP contribution < -0.4 is 0 Å². The van der Waals surface area contributed by atoms with Gasteiger partial charge in [0, 0.05) is 0 Å². The number of amides is 2. The quantitative estimate of drug-likeness (QED) is 0.619. The maximum absolute atomic E-state index is 12.3. The lowest BCUT2D eigenvalue weighted by atomic mass is 9.85. The van der Waals surface area contributed by atoms with Gasteiger partial charge < -0.3 is 0 Å². The topological polar surface area (TPSA) is 79.0 Å². The fraction of sp³-hybridized carbons (Fsp3) is 0.500. The molecule has 3 rings (SSSR count). The first-order valence-electron chi connectivity index (χ1n) is 6.07. The van der Waals surface area contributed by atoms with Crippen LogP contribution in [0.5, 0.6) is 0 Å². The second-order valence-electron chi connectivity index (χ2n) is 4.75. The summed E-state index contributed by atoms with van der Waals surface area (Å²) in [5.74, 6) is 0.000508. The number of carbonyl (C=O) groups excluding carboxylic acids is 2. The predicted octanol–water partition coefficient (Wildman–Crippen LogP) is 0.817. The monoisotopic (exact) mass is 246 g/mol. The summed E-state index contributed by atoms with van der Waals surface area (Å²) in [6, 6.07) is -0.377. The van der Waals surface area contributed by atoms with Gasteiger partial charge in [0.05, 0.1) is 17.9 Å². The third-order valence-electron chi connectivity index (χ3n) is 3.76. The molecule has 6 heteroatoms. The van der Waals surface area contributed by atoms with Gasteiger partial charge in [-0.15, -0.1) is 0 Å². The molecule has 3 atom stereocenters. The average molecular weight is 246 g/mol. The SMILES string of the molecule is CC(c1ncn[nH]1)N1C(=O)[C@H]2CC=CC[C@H]2C1=O. The van der Waals surface area contributed by atoms with Crippen molar-refractivity contribution >= 4 is 11.8 Å². The van der Waals surface area contributed by atoms with Crippen molar-refractivity contribution in [3.8, 4) is 0 Å². The van der Waals surface area contributed by atoms with Crippen LogP contribution in [0.3, 0.4) is 0 Å². The maximum atomic E-state index is 12.3. The second kappa shape index (κ2) is 4.04. The van der Waals surface area contributed by atoms with Crippen molar-refractivity contribution in [1.29, 1.82) is 0 Å². The van der Waals surface area contributed by atoms with Gasteiger partial charge in [-0.25, -0.2) is 4.98 Å². The van der Waals surface area contributed by atoms with Gasteiger partial charge in [0.2, 0.25) is 11.8 Å². The Bertz CT molecular complexity index is 482. The normalized spacial score (nSPS) is 28.6. The molecule has 2 aliphatic rings. The molecule has 0 saturated carbocycles. The van der Waals surface area contributed by atoms with Gasteiger partial charge in [-0.3, -0.25) is 19.6 Å². The summed E-state index contributed by atoms with van der Waals surface area (Å²) in [5, 5.41) is 6.47. The minimum Gasteiger partial charge on any atom is -0.274 e. The van der Waals surface area contributed by atoms with Gasteiger partial charge in [-0.1, -0.05) is 12.2 Å². The molecule has 1 aliphatic carbocycles. The molecular formula is C12H14N4O2. The zero-order chi connectivity index (χ0) is 12.7. The third kappa shape index (κ3) is 1.48. The molecule has 94 valence electrons. The van der Waals surface area contributed by atoms with Gasteiger partial charge in [0.25, 0.3) is 0 Å². The summed E-state index contributed by atoms with van der Waals surface area (Å²) in [5.41, 5.74) is 0. The van der Waals surface area contributed by atoms with Crippen molar-refractivity contribution in [3.05, 3.63) is 24.3 Å². The number of rotatable bonds is 2. The number of hydrogen-bond donors (Lipinski definition) is 1. The number of likely N-dealkylation sites (tertiary alicyclic amines) is 1. The van der Waals surface area contributed by atoms with E-state index in [4.69, 9.17) is 0 Å². The highest BCUT2D eigenvalue weighted by molar-refractivity contribution is 6.05. The highest BCUT2D eigenvalue weighted by Crippen LogP contribution is 2.38. The van der Waals surface area contributed by atoms with Crippen LogP contribution in [0.1, 0.15) is 31.6 Å². The average Bonchev–Trinajstić information content (AvgIpc) is 2.99. The Morgan fingerprint density at radius 2 is 1.89 bits per heavy atom. The van der Waals surface area contributed by atoms with Crippen LogP contribution in [0.4, 0.5) is 0 Å². The van der Waals surface area contributed by atoms with E-state index in [1.165, 1.54) is 11.2 Å². The lowest BCUT2D eigenvalue weighted by Gasteiger charge is -2.20. The molecule has 2 amide bonds. The molecule has 1 fully saturated rings. The first-order chi connectivity index (χ1) is 8.70. The molecule has 1 saturated heterocycles. The summed E-state index contributed by atoms with van der Waals surface area (Å²) in [7, 11) is 0. The largest absolute Gasteiger partial charge is 0.274 e. The first-order valence-corrected chi connectivity index (χ1v) is 6.07. The van der Waals surface area contributed by atoms with Crippen molar-refractivity contribution in [1.82, 2.24) is 20.1 Å². The third-order valence-corrected chi connectivity index (χ3v) is 3.76. The Labute approximate surface area is 104 Å². The lowest BCUT2D eigenvalue weighted by Crippen LogP contribution is -2.34. The van der Waals surface area contributed by atoms with E-state index in [2.05, 4.69) is 15.2 Å². The summed E-state index contributed by atoms with van der Waals surface area (Å²) < 4.78 is 0. The standard InChI is InChI=1S/C12H14N4O2/c1-7(10-13-6-14-15-10)16-11(17)8-4-2-3-5-9(8)12(16)18/h2-3,6-9H,4-5H2,1H3,(H,13,14,15)/t7?,8-,9+. The molecule has 0 radical (unpaired) electrons. The molecule has 2 heterocycles. The fourth-order valence-corrected chi connectivity index (χ4v) is 2.75. The molecule has 18 heavy (non-hydrogen) atoms. The van der Waals surface area contributed by atoms with E-state index in [1.807, 2.05) is 12.2 Å². The van der Waals surface area contributed by atoms with Crippen LogP contribution in [0.15, 0.2) is 18.5 Å². The molecular weight excluding hydrogens is 232 g/mol. The van der Waals surface area contributed by atoms with Crippen LogP contribution >= 0.6 is 0 Å². The molecule has 6 nitrogen and oxygen atoms in total. The van der Waals surface area contributed by atoms with Crippen molar-refractivity contribution < 1.29 is 9.59 Å². The Kier molecular flexibility index (Phi) is 2.50. The van der Waals surface area contributed by atoms with E-state index in [0.717, 1.165) is 0 Å². The van der Waals surface area contributed by atoms with E-state index in [9.17, 15) is 9.59 Å². The van der Waals surface area contributed by atoms with Gasteiger partial charge in [-0.2, -0.15) is 5.10 Å². The number of fused-ring (bicyclic) bond motifs is 1. The number of H-pyrrole nitrogens is 1. The molecule has 1 unspecified atom stereocenters. The number of aromatic nitrogens is 3. The number of nitrogens with one attached hydrogen (secondary N) is 1. The Balaban J connectivity index is 1.90. The molecule has 0 bridgehead atoms. The van der Waals surface area contributed by atoms with Crippen LogP contribution in [0, 0.1) is 11.8 Å². The van der Waals surface area contributed by atoms with Crippen molar-refractivity contribution in [3.63, 3.8) is 0 Å². The number of imide groups is 1. The van der Waals surface area contributed by atoms with Gasteiger partial charge in [-0.05, 0) is 19.8 Å². The predicted molar refractivity (Wildman–Crippen MR) is 62.0 cm³/mol. The maximum Gasteiger partial charge on any atom is 0.234 e. The number of carbonyl (C=O) groups is 2. The fourth-order valence-electron chi connectivity index (χ4n) is 2.75. The van der Waals surface area contributed by atoms with Gasteiger partial charge in [0.15, 0.2) is 0 Å². The highest BCUT2D eigenvalue weighted by atomic mass is 16.2. The minimum atomic E-state index is -0.377. The highest BCUT2D eigenvalue weighted by Gasteiger charge is 2.49. The summed E-state index contributed by atoms with van der Waals surface area (Å²) in [4.78, 5) is 29.9. The molecule has 1 aliphatic heterocycles. The van der Waals surface area contributed by atoms with Crippen LogP contribution in [0.2, 0.25) is 0 Å². The van der Waals surface area contributed by atoms with Gasteiger partial charge in [0.1, 0.15) is 12.2 Å². The second-order valence-corrected chi connectivity index (χ2v) is 4.75. The van der Waals surface area contributed by atoms with Crippen LogP contribution in [-0.4, -0.2) is 31.9 Å². The van der Waals surface area contributed by atoms with Crippen LogP contribution in [-0.2, 0) is 9.59 Å². The molecule has 1 N–H and O–H groups in total. The Morgan fingerprint density at radius 3 is 2.39 bits per heavy atom. The number of aromatic amines is 1. The van der Waals surface area contributed by atoms with Crippen molar-refractivity contribution in [2.24, 2.45) is 11.8 Å². The van der Waals surface area contributed by atoms with E-state index in [1.54, 1.807) is 6.92 Å². The Hall–Kier alpha value is -1.98. The number of allylic oxidation sites excluding steroid dienone is 2. The van der Waals surface area contributed by atoms with E-state index >= 15 is 0 Å². The van der Waals surface area contributed by atoms with Gasteiger partial charge >= 0.3 is 0 Å². The lowest BCUT2D eigenvalue weighted by molar-refractivity contribution is -0.142. The smallest absolute Gasteiger partial charge is 0.234 e. The van der Waals surface area contributed by atoms with Crippen molar-refractivity contribution in [2.45, 2.75) is 25.8 Å². The van der Waals surface area contributed by atoms with Crippen LogP contribution in [0.25, 0.3) is 0 Å². The zero-order valence-electron chi connectivity index (χ0n) is 10.0. The molecule has 0 spiro atoms. The number of hydrogen-bond acceptors (Lipinski definition) is 4. The van der Waals surface area contributed by atoms with E-state index in [-0.39, 0.29) is 29.7 Å².